The van der Waals surface area contributed by atoms with E-state index in [-0.39, 0.29) is 5.75 Å². The van der Waals surface area contributed by atoms with Crippen molar-refractivity contribution in [2.75, 3.05) is 7.11 Å². The van der Waals surface area contributed by atoms with Crippen molar-refractivity contribution in [2.45, 2.75) is 19.1 Å². The third-order valence-electron chi connectivity index (χ3n) is 4.68. The van der Waals surface area contributed by atoms with E-state index in [0.717, 1.165) is 4.68 Å². The number of nitrogens with zero attached hydrogens (tertiary/aromatic N) is 2. The summed E-state index contributed by atoms with van der Waals surface area (Å²) in [5.74, 6) is -1.82. The first kappa shape index (κ1) is 24.1. The van der Waals surface area contributed by atoms with Gasteiger partial charge in [0.05, 0.1) is 18.7 Å². The first-order valence-corrected chi connectivity index (χ1v) is 9.95. The maximum atomic E-state index is 13.6. The quantitative estimate of drug-likeness (QED) is 0.492. The number of hydrogen-bond acceptors (Lipinski definition) is 5. The Hall–Kier alpha value is -3.53. The lowest BCUT2D eigenvalue weighted by Gasteiger charge is -2.16. The molecule has 1 amide bonds. The molecular formula is C22H19ClF3N3O4. The molecule has 0 radical (unpaired) electrons. The Morgan fingerprint density at radius 2 is 1.82 bits per heavy atom. The monoisotopic (exact) mass is 481 g/mol. The number of ether oxygens (including phenoxy) is 2. The highest BCUT2D eigenvalue weighted by Gasteiger charge is 2.42. The van der Waals surface area contributed by atoms with Crippen LogP contribution in [0.4, 0.5) is 13.2 Å². The second kappa shape index (κ2) is 9.53. The summed E-state index contributed by atoms with van der Waals surface area (Å²) in [4.78, 5) is 24.5. The maximum Gasteiger partial charge on any atom is 0.436 e. The van der Waals surface area contributed by atoms with Gasteiger partial charge in [-0.15, -0.1) is 0 Å². The minimum absolute atomic E-state index is 0.139. The molecule has 33 heavy (non-hydrogen) atoms. The number of aromatic nitrogens is 2. The van der Waals surface area contributed by atoms with E-state index in [0.29, 0.717) is 16.1 Å². The molecule has 0 unspecified atom stereocenters. The van der Waals surface area contributed by atoms with Gasteiger partial charge >= 0.3 is 12.1 Å². The van der Waals surface area contributed by atoms with Crippen molar-refractivity contribution in [1.82, 2.24) is 15.1 Å². The van der Waals surface area contributed by atoms with E-state index in [1.54, 1.807) is 31.2 Å². The number of hydrogen-bond donors (Lipinski definition) is 1. The van der Waals surface area contributed by atoms with Gasteiger partial charge in [-0.2, -0.15) is 18.3 Å². The third kappa shape index (κ3) is 5.46. The summed E-state index contributed by atoms with van der Waals surface area (Å²) >= 11 is 5.92. The first-order chi connectivity index (χ1) is 15.5. The largest absolute Gasteiger partial charge is 0.465 e. The lowest BCUT2D eigenvalue weighted by molar-refractivity contribution is -0.141. The first-order valence-electron chi connectivity index (χ1n) is 9.58. The van der Waals surface area contributed by atoms with Crippen LogP contribution in [-0.2, 0) is 18.0 Å². The van der Waals surface area contributed by atoms with Crippen LogP contribution in [0.2, 0.25) is 5.02 Å². The van der Waals surface area contributed by atoms with Crippen LogP contribution < -0.4 is 10.1 Å². The maximum absolute atomic E-state index is 13.6. The summed E-state index contributed by atoms with van der Waals surface area (Å²) in [5, 5.41) is 6.29. The van der Waals surface area contributed by atoms with Crippen LogP contribution in [0.3, 0.4) is 0 Å². The van der Waals surface area contributed by atoms with Crippen LogP contribution >= 0.6 is 11.6 Å². The van der Waals surface area contributed by atoms with Crippen LogP contribution in [0.15, 0.2) is 48.5 Å². The van der Waals surface area contributed by atoms with Gasteiger partial charge in [0.2, 0.25) is 5.88 Å². The minimum Gasteiger partial charge on any atom is -0.465 e. The van der Waals surface area contributed by atoms with Gasteiger partial charge < -0.3 is 14.8 Å². The van der Waals surface area contributed by atoms with Crippen molar-refractivity contribution < 1.29 is 32.2 Å². The Bertz CT molecular complexity index is 1180. The van der Waals surface area contributed by atoms with Gasteiger partial charge in [-0.05, 0) is 42.8 Å². The van der Waals surface area contributed by atoms with Crippen LogP contribution in [0.1, 0.15) is 44.9 Å². The number of rotatable bonds is 6. The molecule has 1 aromatic heterocycles. The number of alkyl halides is 3. The number of methoxy groups -OCH3 is 1. The van der Waals surface area contributed by atoms with Gasteiger partial charge in [0.15, 0.2) is 5.69 Å². The van der Waals surface area contributed by atoms with Crippen LogP contribution in [0.5, 0.6) is 11.6 Å². The molecular weight excluding hydrogens is 463 g/mol. The molecule has 2 aromatic carbocycles. The molecule has 1 N–H and O–H groups in total. The molecule has 0 aliphatic heterocycles. The second-order valence-corrected chi connectivity index (χ2v) is 7.45. The SMILES string of the molecule is COC(=O)c1ccc([C@H](C)NC(=O)c2c(C(F)(F)F)nn(C)c2Oc2cccc(Cl)c2)cc1. The molecule has 1 atom stereocenters. The molecule has 0 bridgehead atoms. The van der Waals surface area contributed by atoms with Gasteiger partial charge in [0.25, 0.3) is 5.91 Å². The molecule has 0 aliphatic carbocycles. The van der Waals surface area contributed by atoms with Crippen molar-refractivity contribution in [1.29, 1.82) is 0 Å². The zero-order chi connectivity index (χ0) is 24.3. The van der Waals surface area contributed by atoms with Crippen LogP contribution in [0.25, 0.3) is 0 Å². The van der Waals surface area contributed by atoms with Crippen molar-refractivity contribution >= 4 is 23.5 Å². The van der Waals surface area contributed by atoms with Gasteiger partial charge in [0.1, 0.15) is 11.3 Å². The topological polar surface area (TPSA) is 82.5 Å². The average Bonchev–Trinajstić information content (AvgIpc) is 3.10. The Morgan fingerprint density at radius 1 is 1.15 bits per heavy atom. The molecule has 0 fully saturated rings. The lowest BCUT2D eigenvalue weighted by atomic mass is 10.1. The number of nitrogens with one attached hydrogen (secondary N) is 1. The Kier molecular flexibility index (Phi) is 6.97. The molecule has 7 nitrogen and oxygen atoms in total. The Labute approximate surface area is 192 Å². The molecule has 0 spiro atoms. The number of carbonyl (C=O) groups is 2. The predicted octanol–water partition coefficient (Wildman–Crippen LogP) is 5.16. The van der Waals surface area contributed by atoms with Crippen LogP contribution in [-0.4, -0.2) is 28.8 Å². The van der Waals surface area contributed by atoms with Crippen molar-refractivity contribution in [2.24, 2.45) is 7.05 Å². The highest BCUT2D eigenvalue weighted by atomic mass is 35.5. The highest BCUT2D eigenvalue weighted by Crippen LogP contribution is 2.37. The zero-order valence-electron chi connectivity index (χ0n) is 17.7. The fourth-order valence-corrected chi connectivity index (χ4v) is 3.23. The number of esters is 1. The summed E-state index contributed by atoms with van der Waals surface area (Å²) < 4.78 is 52.0. The van der Waals surface area contributed by atoms with E-state index in [1.165, 1.54) is 38.4 Å². The summed E-state index contributed by atoms with van der Waals surface area (Å²) in [6, 6.07) is 11.4. The summed E-state index contributed by atoms with van der Waals surface area (Å²) in [5.41, 5.74) is -1.29. The lowest BCUT2D eigenvalue weighted by Crippen LogP contribution is -2.28. The number of halogens is 4. The van der Waals surface area contributed by atoms with E-state index in [2.05, 4.69) is 15.2 Å². The molecule has 0 saturated heterocycles. The number of aryl methyl sites for hydroxylation is 1. The fourth-order valence-electron chi connectivity index (χ4n) is 3.05. The van der Waals surface area contributed by atoms with Gasteiger partial charge in [-0.25, -0.2) is 9.48 Å². The normalized spacial score (nSPS) is 12.2. The molecule has 3 aromatic rings. The number of amides is 1. The van der Waals surface area contributed by atoms with Gasteiger partial charge in [-0.3, -0.25) is 4.79 Å². The smallest absolute Gasteiger partial charge is 0.436 e. The van der Waals surface area contributed by atoms with Crippen molar-refractivity contribution in [3.63, 3.8) is 0 Å². The van der Waals surface area contributed by atoms with E-state index < -0.39 is 41.2 Å². The molecule has 0 aliphatic rings. The molecule has 174 valence electrons. The fraction of sp³-hybridized carbons (Fsp3) is 0.227. The standard InChI is InChI=1S/C22H19ClF3N3O4/c1-12(13-7-9-14(10-8-13)21(31)32-3)27-19(30)17-18(22(24,25)26)28-29(2)20(17)33-16-6-4-5-15(23)11-16/h4-12H,1-3H3,(H,27,30)/t12-/m0/s1. The molecule has 1 heterocycles. The van der Waals surface area contributed by atoms with E-state index in [1.807, 2.05) is 0 Å². The van der Waals surface area contributed by atoms with Crippen molar-refractivity contribution in [3.8, 4) is 11.6 Å². The molecule has 0 saturated carbocycles. The summed E-state index contributed by atoms with van der Waals surface area (Å²) in [6.07, 6.45) is -4.90. The molecule has 3 rings (SSSR count). The number of benzene rings is 2. The minimum atomic E-state index is -4.90. The highest BCUT2D eigenvalue weighted by molar-refractivity contribution is 6.30. The summed E-state index contributed by atoms with van der Waals surface area (Å²) in [6.45, 7) is 1.59. The van der Waals surface area contributed by atoms with Crippen LogP contribution in [0, 0.1) is 0 Å². The van der Waals surface area contributed by atoms with Gasteiger partial charge in [0, 0.05) is 12.1 Å². The van der Waals surface area contributed by atoms with E-state index in [4.69, 9.17) is 16.3 Å². The Morgan fingerprint density at radius 3 is 2.39 bits per heavy atom. The number of carbonyl (C=O) groups excluding carboxylic acids is 2. The van der Waals surface area contributed by atoms with Gasteiger partial charge in [-0.1, -0.05) is 29.8 Å². The van der Waals surface area contributed by atoms with E-state index >= 15 is 0 Å². The summed E-state index contributed by atoms with van der Waals surface area (Å²) in [7, 11) is 2.48. The zero-order valence-corrected chi connectivity index (χ0v) is 18.5. The van der Waals surface area contributed by atoms with E-state index in [9.17, 15) is 22.8 Å². The Balaban J connectivity index is 1.93. The predicted molar refractivity (Wildman–Crippen MR) is 113 cm³/mol. The average molecular weight is 482 g/mol. The van der Waals surface area contributed by atoms with Crippen molar-refractivity contribution in [3.05, 3.63) is 75.9 Å². The third-order valence-corrected chi connectivity index (χ3v) is 4.92. The molecule has 11 heteroatoms. The second-order valence-electron chi connectivity index (χ2n) is 7.02.